The van der Waals surface area contributed by atoms with E-state index in [1.165, 1.54) is 82.6 Å². The number of amides is 2. The highest BCUT2D eigenvalue weighted by Crippen LogP contribution is 2.32. The van der Waals surface area contributed by atoms with Crippen molar-refractivity contribution in [2.45, 2.75) is 162 Å². The van der Waals surface area contributed by atoms with E-state index in [0.717, 1.165) is 18.4 Å². The van der Waals surface area contributed by atoms with Gasteiger partial charge in [0.15, 0.2) is 0 Å². The van der Waals surface area contributed by atoms with Crippen LogP contribution in [0, 0.1) is 0 Å². The molecule has 0 radical (unpaired) electrons. The number of hydrogen-bond donors (Lipinski definition) is 1. The normalized spacial score (nSPS) is 15.6. The summed E-state index contributed by atoms with van der Waals surface area (Å²) in [6, 6.07) is 7.98. The minimum absolute atomic E-state index is 0.0258. The molecule has 1 fully saturated rings. The Hall–Kier alpha value is -3.43. The number of unbranched alkanes of at least 4 members (excludes halogenated alkanes) is 11. The minimum atomic E-state index is -0.816. The van der Waals surface area contributed by atoms with Gasteiger partial charge in [0.2, 0.25) is 17.7 Å². The first kappa shape index (κ1) is 38.0. The standard InChI is InChI=1S/C37H59N5O5/c1-8-9-10-11-12-13-14-15-16-17-18-19-21-28-23-25-29(26-24-28)31-38-32(47-41-31)30-22-20-27-42(30)33(39-34(43)45-36(2,3)4)40-35(44)46-37(5,6)7/h23-26,30H,8-22,27H2,1-7H3,(H,39,40,43,44)/t30-/m0/s1. The van der Waals surface area contributed by atoms with Gasteiger partial charge in [0.05, 0.1) is 0 Å². The van der Waals surface area contributed by atoms with Crippen molar-refractivity contribution < 1.29 is 23.6 Å². The highest BCUT2D eigenvalue weighted by molar-refractivity contribution is 5.99. The quantitative estimate of drug-likeness (QED) is 0.115. The number of nitrogens with one attached hydrogen (secondary N) is 1. The molecule has 10 nitrogen and oxygen atoms in total. The van der Waals surface area contributed by atoms with Crippen LogP contribution in [-0.2, 0) is 15.9 Å². The van der Waals surface area contributed by atoms with Crippen LogP contribution in [0.3, 0.4) is 0 Å². The van der Waals surface area contributed by atoms with Crippen LogP contribution in [0.5, 0.6) is 0 Å². The third-order valence-electron chi connectivity index (χ3n) is 7.99. The molecule has 10 heteroatoms. The first-order valence-corrected chi connectivity index (χ1v) is 17.9. The first-order valence-electron chi connectivity index (χ1n) is 17.9. The molecule has 0 bridgehead atoms. The molecule has 1 aliphatic heterocycles. The summed E-state index contributed by atoms with van der Waals surface area (Å²) in [5.41, 5.74) is 0.709. The van der Waals surface area contributed by atoms with E-state index >= 15 is 0 Å². The summed E-state index contributed by atoms with van der Waals surface area (Å²) in [5.74, 6) is 0.911. The predicted octanol–water partition coefficient (Wildman–Crippen LogP) is 9.93. The molecular weight excluding hydrogens is 594 g/mol. The lowest BCUT2D eigenvalue weighted by Gasteiger charge is -2.27. The number of ether oxygens (including phenoxy) is 2. The van der Waals surface area contributed by atoms with Crippen LogP contribution in [0.2, 0.25) is 0 Å². The van der Waals surface area contributed by atoms with Gasteiger partial charge in [-0.3, -0.25) is 5.32 Å². The van der Waals surface area contributed by atoms with E-state index in [2.05, 4.69) is 34.5 Å². The van der Waals surface area contributed by atoms with Gasteiger partial charge in [0, 0.05) is 12.1 Å². The number of nitrogens with zero attached hydrogens (tertiary/aromatic N) is 4. The summed E-state index contributed by atoms with van der Waals surface area (Å²) in [4.78, 5) is 35.9. The van der Waals surface area contributed by atoms with Crippen LogP contribution < -0.4 is 5.32 Å². The second-order valence-corrected chi connectivity index (χ2v) is 14.7. The molecule has 262 valence electrons. The largest absolute Gasteiger partial charge is 0.444 e. The molecule has 1 aromatic carbocycles. The molecule has 1 atom stereocenters. The topological polar surface area (TPSA) is 119 Å². The molecular formula is C37H59N5O5. The first-order chi connectivity index (χ1) is 22.3. The third kappa shape index (κ3) is 14.5. The number of aryl methyl sites for hydroxylation is 1. The molecule has 3 rings (SSSR count). The Labute approximate surface area is 282 Å². The SMILES string of the molecule is CCCCCCCCCCCCCCc1ccc(-c2noc([C@@H]3CCCN3/C(=N/C(=O)OC(C)(C)C)NC(=O)OC(C)(C)C)n2)cc1. The van der Waals surface area contributed by atoms with Gasteiger partial charge < -0.3 is 18.9 Å². The third-order valence-corrected chi connectivity index (χ3v) is 7.99. The Morgan fingerprint density at radius 2 is 1.45 bits per heavy atom. The van der Waals surface area contributed by atoms with Gasteiger partial charge in [-0.2, -0.15) is 4.98 Å². The number of hydrogen-bond acceptors (Lipinski definition) is 7. The minimum Gasteiger partial charge on any atom is -0.444 e. The van der Waals surface area contributed by atoms with E-state index in [-0.39, 0.29) is 12.0 Å². The Morgan fingerprint density at radius 1 is 0.872 bits per heavy atom. The fourth-order valence-electron chi connectivity index (χ4n) is 5.69. The second-order valence-electron chi connectivity index (χ2n) is 14.7. The summed E-state index contributed by atoms with van der Waals surface area (Å²) in [6.07, 6.45) is 17.2. The molecule has 2 aromatic rings. The van der Waals surface area contributed by atoms with Gasteiger partial charge in [0.25, 0.3) is 0 Å². The predicted molar refractivity (Wildman–Crippen MR) is 186 cm³/mol. The molecule has 2 amide bonds. The van der Waals surface area contributed by atoms with Crippen LogP contribution in [0.4, 0.5) is 9.59 Å². The summed E-state index contributed by atoms with van der Waals surface area (Å²) in [7, 11) is 0. The average Bonchev–Trinajstić information content (AvgIpc) is 3.66. The molecule has 1 saturated heterocycles. The van der Waals surface area contributed by atoms with Crippen molar-refractivity contribution in [1.29, 1.82) is 0 Å². The lowest BCUT2D eigenvalue weighted by atomic mass is 10.0. The molecule has 47 heavy (non-hydrogen) atoms. The van der Waals surface area contributed by atoms with Crippen LogP contribution in [0.1, 0.15) is 156 Å². The number of aliphatic imine (C=N–C) groups is 1. The lowest BCUT2D eigenvalue weighted by Crippen LogP contribution is -2.46. The van der Waals surface area contributed by atoms with Crippen LogP contribution in [0.15, 0.2) is 33.8 Å². The number of benzene rings is 1. The summed E-state index contributed by atoms with van der Waals surface area (Å²) in [6.45, 7) is 13.4. The maximum Gasteiger partial charge on any atom is 0.437 e. The molecule has 0 aliphatic carbocycles. The highest BCUT2D eigenvalue weighted by Gasteiger charge is 2.35. The van der Waals surface area contributed by atoms with E-state index in [0.29, 0.717) is 24.7 Å². The number of carbonyl (C=O) groups is 2. The molecule has 0 unspecified atom stereocenters. The maximum absolute atomic E-state index is 12.7. The van der Waals surface area contributed by atoms with E-state index in [1.54, 1.807) is 46.4 Å². The van der Waals surface area contributed by atoms with Crippen molar-refractivity contribution in [3.8, 4) is 11.4 Å². The van der Waals surface area contributed by atoms with Crippen molar-refractivity contribution in [1.82, 2.24) is 20.4 Å². The molecule has 0 saturated carbocycles. The fraction of sp³-hybridized carbons (Fsp3) is 0.703. The zero-order valence-corrected chi connectivity index (χ0v) is 30.0. The second kappa shape index (κ2) is 18.8. The van der Waals surface area contributed by atoms with Crippen molar-refractivity contribution >= 4 is 18.1 Å². The van der Waals surface area contributed by atoms with E-state index in [1.807, 2.05) is 12.1 Å². The van der Waals surface area contributed by atoms with Crippen molar-refractivity contribution in [3.63, 3.8) is 0 Å². The Kier molecular flexibility index (Phi) is 15.2. The maximum atomic E-state index is 12.7. The average molecular weight is 654 g/mol. The highest BCUT2D eigenvalue weighted by atomic mass is 16.6. The zero-order valence-electron chi connectivity index (χ0n) is 30.0. The van der Waals surface area contributed by atoms with Crippen molar-refractivity contribution in [2.75, 3.05) is 6.54 Å². The zero-order chi connectivity index (χ0) is 34.3. The van der Waals surface area contributed by atoms with Gasteiger partial charge in [-0.05, 0) is 72.8 Å². The summed E-state index contributed by atoms with van der Waals surface area (Å²) < 4.78 is 16.5. The van der Waals surface area contributed by atoms with Crippen molar-refractivity contribution in [2.24, 2.45) is 4.99 Å². The van der Waals surface area contributed by atoms with Crippen LogP contribution in [0.25, 0.3) is 11.4 Å². The number of guanidine groups is 1. The van der Waals surface area contributed by atoms with Gasteiger partial charge >= 0.3 is 12.2 Å². The van der Waals surface area contributed by atoms with E-state index in [4.69, 9.17) is 19.0 Å². The van der Waals surface area contributed by atoms with E-state index < -0.39 is 23.4 Å². The lowest BCUT2D eigenvalue weighted by molar-refractivity contribution is 0.0553. The number of rotatable bonds is 15. The van der Waals surface area contributed by atoms with Crippen LogP contribution >= 0.6 is 0 Å². The van der Waals surface area contributed by atoms with Gasteiger partial charge in [-0.25, -0.2) is 9.59 Å². The Morgan fingerprint density at radius 3 is 2.02 bits per heavy atom. The van der Waals surface area contributed by atoms with E-state index in [9.17, 15) is 9.59 Å². The number of carbonyl (C=O) groups excluding carboxylic acids is 2. The smallest absolute Gasteiger partial charge is 0.437 e. The fourth-order valence-corrected chi connectivity index (χ4v) is 5.69. The summed E-state index contributed by atoms with van der Waals surface area (Å²) >= 11 is 0. The molecule has 1 aromatic heterocycles. The molecule has 1 aliphatic rings. The molecule has 1 N–H and O–H groups in total. The number of likely N-dealkylation sites (tertiary alicyclic amines) is 1. The Bertz CT molecular complexity index is 1260. The summed E-state index contributed by atoms with van der Waals surface area (Å²) in [5, 5.41) is 6.90. The van der Waals surface area contributed by atoms with Gasteiger partial charge in [-0.15, -0.1) is 4.99 Å². The van der Waals surface area contributed by atoms with Crippen molar-refractivity contribution in [3.05, 3.63) is 35.7 Å². The number of aromatic nitrogens is 2. The molecule has 0 spiro atoms. The van der Waals surface area contributed by atoms with Gasteiger partial charge in [-0.1, -0.05) is 107 Å². The number of alkyl carbamates (subject to hydrolysis) is 1. The Balaban J connectivity index is 1.54. The van der Waals surface area contributed by atoms with Gasteiger partial charge in [0.1, 0.15) is 17.2 Å². The van der Waals surface area contributed by atoms with Crippen LogP contribution in [-0.4, -0.2) is 50.9 Å². The molecule has 2 heterocycles. The monoisotopic (exact) mass is 653 g/mol.